The van der Waals surface area contributed by atoms with Crippen molar-refractivity contribution >= 4 is 29.0 Å². The van der Waals surface area contributed by atoms with Gasteiger partial charge in [-0.05, 0) is 41.0 Å². The molecule has 1 atom stereocenters. The van der Waals surface area contributed by atoms with E-state index in [9.17, 15) is 5.11 Å². The van der Waals surface area contributed by atoms with Crippen LogP contribution in [0.3, 0.4) is 0 Å². The van der Waals surface area contributed by atoms with E-state index in [-0.39, 0.29) is 0 Å². The summed E-state index contributed by atoms with van der Waals surface area (Å²) < 4.78 is 1.80. The number of hydrazone groups is 1. The second kappa shape index (κ2) is 8.87. The van der Waals surface area contributed by atoms with Crippen LogP contribution in [0.5, 0.6) is 0 Å². The van der Waals surface area contributed by atoms with Crippen LogP contribution >= 0.6 is 11.6 Å². The summed E-state index contributed by atoms with van der Waals surface area (Å²) in [6, 6.07) is 22.8. The zero-order valence-corrected chi connectivity index (χ0v) is 20.5. The van der Waals surface area contributed by atoms with Gasteiger partial charge < -0.3 is 9.67 Å². The number of aliphatic imine (C=N–C) groups is 1. The van der Waals surface area contributed by atoms with E-state index in [0.717, 1.165) is 22.4 Å². The largest absolute Gasteiger partial charge is 0.374 e. The van der Waals surface area contributed by atoms with Crippen molar-refractivity contribution in [2.75, 3.05) is 5.01 Å². The zero-order valence-electron chi connectivity index (χ0n) is 19.7. The molecule has 1 aromatic heterocycles. The average molecular weight is 509 g/mol. The van der Waals surface area contributed by atoms with Crippen LogP contribution in [0, 0.1) is 11.3 Å². The SMILES string of the molecule is Cn1cncc1C(O)(c1ccc(CC#N)cc1)c1ccc2c(c1)C(c1cccc(Cl)c1)=NC1=NNNN12. The lowest BCUT2D eigenvalue weighted by molar-refractivity contribution is 0.117. The molecule has 0 aliphatic carbocycles. The van der Waals surface area contributed by atoms with Gasteiger partial charge in [-0.1, -0.05) is 54.1 Å². The molecule has 0 radical (unpaired) electrons. The topological polar surface area (TPSA) is 114 Å². The van der Waals surface area contributed by atoms with Crippen molar-refractivity contribution in [1.29, 1.82) is 5.26 Å². The van der Waals surface area contributed by atoms with Gasteiger partial charge in [-0.15, -0.1) is 10.6 Å². The van der Waals surface area contributed by atoms with Gasteiger partial charge in [-0.25, -0.2) is 20.5 Å². The van der Waals surface area contributed by atoms with Crippen molar-refractivity contribution in [1.82, 2.24) is 20.6 Å². The van der Waals surface area contributed by atoms with Gasteiger partial charge in [-0.3, -0.25) is 0 Å². The maximum atomic E-state index is 12.5. The van der Waals surface area contributed by atoms with E-state index in [4.69, 9.17) is 21.9 Å². The minimum atomic E-state index is -1.53. The Labute approximate surface area is 217 Å². The Morgan fingerprint density at radius 2 is 1.89 bits per heavy atom. The first kappa shape index (κ1) is 22.9. The molecule has 0 bridgehead atoms. The first-order chi connectivity index (χ1) is 18.0. The molecule has 6 rings (SSSR count). The zero-order chi connectivity index (χ0) is 25.6. The Bertz CT molecular complexity index is 1620. The van der Waals surface area contributed by atoms with Gasteiger partial charge in [0.15, 0.2) is 5.60 Å². The van der Waals surface area contributed by atoms with Crippen LogP contribution in [-0.4, -0.2) is 26.3 Å². The van der Waals surface area contributed by atoms with Crippen molar-refractivity contribution in [3.8, 4) is 6.07 Å². The molecule has 9 nitrogen and oxygen atoms in total. The lowest BCUT2D eigenvalue weighted by atomic mass is 9.81. The van der Waals surface area contributed by atoms with Gasteiger partial charge in [0.1, 0.15) is 0 Å². The van der Waals surface area contributed by atoms with Crippen molar-refractivity contribution in [2.45, 2.75) is 12.0 Å². The summed E-state index contributed by atoms with van der Waals surface area (Å²) in [7, 11) is 1.84. The summed E-state index contributed by atoms with van der Waals surface area (Å²) >= 11 is 6.32. The van der Waals surface area contributed by atoms with E-state index in [1.807, 2.05) is 73.8 Å². The number of hydrogen-bond donors (Lipinski definition) is 3. The monoisotopic (exact) mass is 508 g/mol. The third-order valence-corrected chi connectivity index (χ3v) is 6.82. The van der Waals surface area contributed by atoms with Gasteiger partial charge in [-0.2, -0.15) is 5.26 Å². The van der Waals surface area contributed by atoms with E-state index in [2.05, 4.69) is 27.2 Å². The van der Waals surface area contributed by atoms with Gasteiger partial charge in [0.2, 0.25) is 0 Å². The Morgan fingerprint density at radius 1 is 1.08 bits per heavy atom. The minimum absolute atomic E-state index is 0.295. The molecule has 4 aromatic rings. The van der Waals surface area contributed by atoms with Crippen molar-refractivity contribution in [3.05, 3.63) is 118 Å². The Kier molecular flexibility index (Phi) is 5.50. The number of benzene rings is 3. The van der Waals surface area contributed by atoms with Crippen molar-refractivity contribution in [3.63, 3.8) is 0 Å². The first-order valence-corrected chi connectivity index (χ1v) is 11.9. The smallest absolute Gasteiger partial charge is 0.265 e. The molecule has 0 fully saturated rings. The molecule has 0 saturated heterocycles. The standard InChI is InChI=1S/C27H21ClN8O/c1-35-16-30-15-24(35)27(37,19-7-5-17(6-8-19)11-12-29)20-9-10-23-22(14-20)25(18-3-2-4-21(28)13-18)31-26-32-33-34-36(23)26/h2-10,13-16,33-34,37H,11H2,1H3. The van der Waals surface area contributed by atoms with Crippen LogP contribution in [0.25, 0.3) is 0 Å². The molecule has 3 aromatic carbocycles. The summed E-state index contributed by atoms with van der Waals surface area (Å²) in [6.07, 6.45) is 3.61. The van der Waals surface area contributed by atoms with Crippen molar-refractivity contribution < 1.29 is 5.11 Å². The number of hydrogen-bond acceptors (Lipinski definition) is 8. The molecule has 182 valence electrons. The fourth-order valence-electron chi connectivity index (χ4n) is 4.75. The molecule has 0 saturated carbocycles. The number of anilines is 1. The number of aromatic nitrogens is 2. The van der Waals surface area contributed by atoms with E-state index in [1.54, 1.807) is 22.1 Å². The third-order valence-electron chi connectivity index (χ3n) is 6.58. The van der Waals surface area contributed by atoms with E-state index in [0.29, 0.717) is 39.9 Å². The number of imidazole rings is 1. The van der Waals surface area contributed by atoms with E-state index >= 15 is 0 Å². The molecule has 37 heavy (non-hydrogen) atoms. The maximum absolute atomic E-state index is 12.5. The van der Waals surface area contributed by atoms with Crippen LogP contribution in [0.1, 0.15) is 33.5 Å². The second-order valence-corrected chi connectivity index (χ2v) is 9.24. The molecule has 3 heterocycles. The number of hydrazine groups is 2. The molecular weight excluding hydrogens is 488 g/mol. The highest BCUT2D eigenvalue weighted by atomic mass is 35.5. The predicted molar refractivity (Wildman–Crippen MR) is 141 cm³/mol. The Morgan fingerprint density at radius 3 is 2.62 bits per heavy atom. The van der Waals surface area contributed by atoms with E-state index < -0.39 is 5.60 Å². The molecule has 0 amide bonds. The molecular formula is C27H21ClN8O. The fraction of sp³-hybridized carbons (Fsp3) is 0.111. The lowest BCUT2D eigenvalue weighted by Crippen LogP contribution is -2.43. The van der Waals surface area contributed by atoms with Gasteiger partial charge in [0.05, 0.1) is 42.1 Å². The van der Waals surface area contributed by atoms with Gasteiger partial charge >= 0.3 is 0 Å². The number of aliphatic hydroxyl groups is 1. The summed E-state index contributed by atoms with van der Waals surface area (Å²) in [5.74, 6) is 0.463. The quantitative estimate of drug-likeness (QED) is 0.381. The van der Waals surface area contributed by atoms with Crippen LogP contribution in [0.4, 0.5) is 5.69 Å². The highest BCUT2D eigenvalue weighted by Gasteiger charge is 2.38. The van der Waals surface area contributed by atoms with Crippen LogP contribution < -0.4 is 16.1 Å². The number of nitrogens with zero attached hydrogens (tertiary/aromatic N) is 6. The summed E-state index contributed by atoms with van der Waals surface area (Å²) in [5, 5.41) is 28.1. The Hall–Kier alpha value is -4.49. The highest BCUT2D eigenvalue weighted by Crippen LogP contribution is 2.40. The maximum Gasteiger partial charge on any atom is 0.265 e. The van der Waals surface area contributed by atoms with Crippen LogP contribution in [0.15, 0.2) is 89.3 Å². The average Bonchev–Trinajstić information content (AvgIpc) is 3.57. The molecule has 0 spiro atoms. The molecule has 1 unspecified atom stereocenters. The van der Waals surface area contributed by atoms with Crippen molar-refractivity contribution in [2.24, 2.45) is 17.1 Å². The predicted octanol–water partition coefficient (Wildman–Crippen LogP) is 3.37. The highest BCUT2D eigenvalue weighted by molar-refractivity contribution is 6.32. The summed E-state index contributed by atoms with van der Waals surface area (Å²) in [6.45, 7) is 0. The lowest BCUT2D eigenvalue weighted by Gasteiger charge is -2.32. The van der Waals surface area contributed by atoms with Crippen LogP contribution in [0.2, 0.25) is 5.02 Å². The number of nitriles is 1. The number of fused-ring (bicyclic) bond motifs is 3. The number of rotatable bonds is 5. The number of guanidine groups is 1. The molecule has 2 aliphatic heterocycles. The second-order valence-electron chi connectivity index (χ2n) is 8.81. The minimum Gasteiger partial charge on any atom is -0.374 e. The normalized spacial score (nSPS) is 15.6. The van der Waals surface area contributed by atoms with E-state index in [1.165, 1.54) is 0 Å². The van der Waals surface area contributed by atoms with Gasteiger partial charge in [0, 0.05) is 23.2 Å². The molecule has 2 aliphatic rings. The molecule has 3 N–H and O–H groups in total. The molecule has 10 heteroatoms. The number of halogens is 1. The third kappa shape index (κ3) is 3.75. The first-order valence-electron chi connectivity index (χ1n) is 11.5. The van der Waals surface area contributed by atoms with Gasteiger partial charge in [0.25, 0.3) is 5.96 Å². The summed E-state index contributed by atoms with van der Waals surface area (Å²) in [4.78, 5) is 9.05. The summed E-state index contributed by atoms with van der Waals surface area (Å²) in [5.41, 5.74) is 10.1. The number of aryl methyl sites for hydroxylation is 1. The fourth-order valence-corrected chi connectivity index (χ4v) is 4.94. The van der Waals surface area contributed by atoms with Crippen LogP contribution in [-0.2, 0) is 19.1 Å². The Balaban J connectivity index is 1.56. The number of nitrogens with one attached hydrogen (secondary N) is 2.